The van der Waals surface area contributed by atoms with E-state index in [1.807, 2.05) is 24.8 Å². The van der Waals surface area contributed by atoms with Gasteiger partial charge in [-0.05, 0) is 23.4 Å². The van der Waals surface area contributed by atoms with Gasteiger partial charge < -0.3 is 9.88 Å². The highest BCUT2D eigenvalue weighted by molar-refractivity contribution is 6.26. The second-order valence-electron chi connectivity index (χ2n) is 6.83. The summed E-state index contributed by atoms with van der Waals surface area (Å²) in [5.41, 5.74) is 3.56. The summed E-state index contributed by atoms with van der Waals surface area (Å²) < 4.78 is 2.10. The van der Waals surface area contributed by atoms with Gasteiger partial charge in [0.15, 0.2) is 0 Å². The monoisotopic (exact) mass is 352 g/mol. The van der Waals surface area contributed by atoms with Crippen LogP contribution in [0.3, 0.4) is 0 Å². The van der Waals surface area contributed by atoms with Crippen LogP contribution in [0, 0.1) is 0 Å². The van der Waals surface area contributed by atoms with Crippen LogP contribution in [0.25, 0.3) is 10.8 Å². The minimum atomic E-state index is 0.0840. The first-order valence-electron chi connectivity index (χ1n) is 9.26. The normalized spacial score (nSPS) is 15.2. The molecule has 132 valence electrons. The Morgan fingerprint density at radius 2 is 1.81 bits per heavy atom. The zero-order valence-corrected chi connectivity index (χ0v) is 14.9. The maximum absolute atomic E-state index is 5.16. The van der Waals surface area contributed by atoms with Crippen LogP contribution < -0.4 is 5.32 Å². The van der Waals surface area contributed by atoms with Gasteiger partial charge in [-0.25, -0.2) is 4.98 Å². The molecule has 1 unspecified atom stereocenters. The van der Waals surface area contributed by atoms with Crippen molar-refractivity contribution in [3.63, 3.8) is 0 Å². The van der Waals surface area contributed by atoms with Crippen molar-refractivity contribution in [1.82, 2.24) is 9.55 Å². The number of hydrogen-bond donors (Lipinski definition) is 1. The molecule has 2 heterocycles. The third-order valence-electron chi connectivity index (χ3n) is 5.10. The van der Waals surface area contributed by atoms with Crippen LogP contribution in [-0.2, 0) is 6.54 Å². The molecule has 4 aromatic rings. The molecule has 1 aromatic heterocycles. The molecule has 3 aromatic carbocycles. The Kier molecular flexibility index (Phi) is 3.94. The Balaban J connectivity index is 1.52. The van der Waals surface area contributed by atoms with Crippen molar-refractivity contribution in [2.24, 2.45) is 4.99 Å². The van der Waals surface area contributed by atoms with Crippen LogP contribution >= 0.6 is 0 Å². The van der Waals surface area contributed by atoms with Gasteiger partial charge in [0.2, 0.25) is 0 Å². The van der Waals surface area contributed by atoms with Gasteiger partial charge in [0.25, 0.3) is 0 Å². The van der Waals surface area contributed by atoms with Crippen molar-refractivity contribution in [3.8, 4) is 0 Å². The molecule has 0 saturated heterocycles. The highest BCUT2D eigenvalue weighted by atomic mass is 15.0. The number of aromatic nitrogens is 2. The van der Waals surface area contributed by atoms with Crippen molar-refractivity contribution >= 4 is 22.3 Å². The quantitative estimate of drug-likeness (QED) is 0.547. The summed E-state index contributed by atoms with van der Waals surface area (Å²) in [7, 11) is 0. The molecule has 0 fully saturated rings. The smallest absolute Gasteiger partial charge is 0.134 e. The van der Waals surface area contributed by atoms with E-state index in [1.54, 1.807) is 0 Å². The summed E-state index contributed by atoms with van der Waals surface area (Å²) in [6.07, 6.45) is 6.59. The summed E-state index contributed by atoms with van der Waals surface area (Å²) in [4.78, 5) is 9.30. The highest BCUT2D eigenvalue weighted by Gasteiger charge is 2.21. The number of imidazole rings is 1. The molecule has 0 aliphatic carbocycles. The molecule has 0 amide bonds. The Hall–Kier alpha value is -3.40. The van der Waals surface area contributed by atoms with Crippen LogP contribution in [0.1, 0.15) is 23.6 Å². The molecule has 27 heavy (non-hydrogen) atoms. The number of anilines is 1. The minimum Gasteiger partial charge on any atom is -0.339 e. The number of aliphatic imine (C=N–C) groups is 1. The lowest BCUT2D eigenvalue weighted by atomic mass is 10.0. The van der Waals surface area contributed by atoms with Gasteiger partial charge in [0.1, 0.15) is 5.84 Å². The summed E-state index contributed by atoms with van der Waals surface area (Å²) in [5.74, 6) is 0.960. The number of nitrogens with one attached hydrogen (secondary N) is 1. The highest BCUT2D eigenvalue weighted by Crippen LogP contribution is 2.34. The van der Waals surface area contributed by atoms with E-state index in [0.717, 1.165) is 24.5 Å². The fourth-order valence-corrected chi connectivity index (χ4v) is 3.77. The molecule has 5 rings (SSSR count). The first kappa shape index (κ1) is 15.8. The maximum Gasteiger partial charge on any atom is 0.134 e. The molecule has 4 nitrogen and oxygen atoms in total. The van der Waals surface area contributed by atoms with Gasteiger partial charge in [-0.2, -0.15) is 0 Å². The Morgan fingerprint density at radius 3 is 2.63 bits per heavy atom. The van der Waals surface area contributed by atoms with Gasteiger partial charge in [-0.1, -0.05) is 60.7 Å². The molecule has 1 aliphatic heterocycles. The first-order valence-corrected chi connectivity index (χ1v) is 9.26. The number of nitrogens with zero attached hydrogens (tertiary/aromatic N) is 3. The maximum atomic E-state index is 5.16. The molecule has 0 spiro atoms. The number of amidine groups is 1. The summed E-state index contributed by atoms with van der Waals surface area (Å²) >= 11 is 0. The number of rotatable bonds is 5. The lowest BCUT2D eigenvalue weighted by Gasteiger charge is -2.15. The second-order valence-corrected chi connectivity index (χ2v) is 6.83. The molecular weight excluding hydrogens is 332 g/mol. The number of aryl methyl sites for hydroxylation is 1. The molecule has 4 heteroatoms. The van der Waals surface area contributed by atoms with Crippen LogP contribution in [0.5, 0.6) is 0 Å². The second kappa shape index (κ2) is 6.72. The van der Waals surface area contributed by atoms with Gasteiger partial charge in [-0.15, -0.1) is 0 Å². The fourth-order valence-electron chi connectivity index (χ4n) is 3.77. The summed E-state index contributed by atoms with van der Waals surface area (Å²) in [6.45, 7) is 0.882. The van der Waals surface area contributed by atoms with Gasteiger partial charge in [0.05, 0.1) is 12.4 Å². The SMILES string of the molecule is c1ccc(C(CCn2ccnc2)N=C2Nc3cccc4cccc2c34)cc1. The van der Waals surface area contributed by atoms with E-state index >= 15 is 0 Å². The average Bonchev–Trinajstić information content (AvgIpc) is 3.36. The van der Waals surface area contributed by atoms with Crippen molar-refractivity contribution < 1.29 is 0 Å². The third kappa shape index (κ3) is 2.99. The first-order chi connectivity index (χ1) is 13.4. The Labute approximate surface area is 158 Å². The van der Waals surface area contributed by atoms with Crippen molar-refractivity contribution in [2.75, 3.05) is 5.32 Å². The van der Waals surface area contributed by atoms with Crippen LogP contribution in [-0.4, -0.2) is 15.4 Å². The van der Waals surface area contributed by atoms with Crippen LogP contribution in [0.15, 0.2) is 90.4 Å². The number of hydrogen-bond acceptors (Lipinski definition) is 2. The Bertz CT molecular complexity index is 1090. The lowest BCUT2D eigenvalue weighted by Crippen LogP contribution is -2.11. The topological polar surface area (TPSA) is 42.2 Å². The van der Waals surface area contributed by atoms with E-state index in [1.165, 1.54) is 21.9 Å². The average molecular weight is 352 g/mol. The molecule has 0 bridgehead atoms. The number of benzene rings is 3. The van der Waals surface area contributed by atoms with E-state index in [9.17, 15) is 0 Å². The standard InChI is InChI=1S/C23H20N4/c1-2-6-17(7-3-1)20(12-14-27-15-13-24-16-27)25-23-19-10-4-8-18-9-5-11-21(26-23)22(18)19/h1-11,13,15-16,20H,12,14H2,(H,25,26). The van der Waals surface area contributed by atoms with E-state index in [2.05, 4.69) is 75.5 Å². The van der Waals surface area contributed by atoms with Crippen LogP contribution in [0.2, 0.25) is 0 Å². The van der Waals surface area contributed by atoms with E-state index < -0.39 is 0 Å². The predicted octanol–water partition coefficient (Wildman–Crippen LogP) is 5.04. The molecule has 1 atom stereocenters. The van der Waals surface area contributed by atoms with Gasteiger partial charge in [0, 0.05) is 35.6 Å². The molecule has 0 radical (unpaired) electrons. The van der Waals surface area contributed by atoms with Gasteiger partial charge in [-0.3, -0.25) is 4.99 Å². The van der Waals surface area contributed by atoms with E-state index in [-0.39, 0.29) is 6.04 Å². The van der Waals surface area contributed by atoms with E-state index in [4.69, 9.17) is 4.99 Å². The van der Waals surface area contributed by atoms with E-state index in [0.29, 0.717) is 0 Å². The summed E-state index contributed by atoms with van der Waals surface area (Å²) in [6, 6.07) is 23.4. The van der Waals surface area contributed by atoms with Gasteiger partial charge >= 0.3 is 0 Å². The van der Waals surface area contributed by atoms with Crippen molar-refractivity contribution in [3.05, 3.63) is 96.6 Å². The summed E-state index contributed by atoms with van der Waals surface area (Å²) in [5, 5.41) is 6.04. The fraction of sp³-hybridized carbons (Fsp3) is 0.130. The zero-order chi connectivity index (χ0) is 18.1. The Morgan fingerprint density at radius 1 is 0.963 bits per heavy atom. The molecule has 1 N–H and O–H groups in total. The van der Waals surface area contributed by atoms with Crippen LogP contribution in [0.4, 0.5) is 5.69 Å². The minimum absolute atomic E-state index is 0.0840. The molecular formula is C23H20N4. The molecule has 0 saturated carbocycles. The lowest BCUT2D eigenvalue weighted by molar-refractivity contribution is 0.562. The zero-order valence-electron chi connectivity index (χ0n) is 14.9. The third-order valence-corrected chi connectivity index (χ3v) is 5.10. The molecule has 1 aliphatic rings. The predicted molar refractivity (Wildman–Crippen MR) is 110 cm³/mol. The van der Waals surface area contributed by atoms with Crippen molar-refractivity contribution in [2.45, 2.75) is 19.0 Å². The largest absolute Gasteiger partial charge is 0.339 e. The van der Waals surface area contributed by atoms with Crippen molar-refractivity contribution in [1.29, 1.82) is 0 Å².